The van der Waals surface area contributed by atoms with E-state index in [1.165, 1.54) is 12.1 Å². The van der Waals surface area contributed by atoms with E-state index in [1.807, 2.05) is 6.07 Å². The summed E-state index contributed by atoms with van der Waals surface area (Å²) in [6, 6.07) is 11.5. The quantitative estimate of drug-likeness (QED) is 0.725. The van der Waals surface area contributed by atoms with Gasteiger partial charge in [-0.1, -0.05) is 12.1 Å². The zero-order chi connectivity index (χ0) is 17.6. The highest BCUT2D eigenvalue weighted by Crippen LogP contribution is 2.30. The number of ether oxygens (including phenoxy) is 1. The second-order valence-corrected chi connectivity index (χ2v) is 5.53. The van der Waals surface area contributed by atoms with E-state index in [9.17, 15) is 9.18 Å². The number of halogens is 1. The maximum atomic E-state index is 12.9. The summed E-state index contributed by atoms with van der Waals surface area (Å²) in [5, 5.41) is 9.54. The SMILES string of the molecule is COc1cc(C(=O)NCCc2ccc(F)cc2)ccc1-c1cn[nH]c1. The van der Waals surface area contributed by atoms with E-state index in [2.05, 4.69) is 15.5 Å². The minimum Gasteiger partial charge on any atom is -0.496 e. The van der Waals surface area contributed by atoms with Crippen molar-refractivity contribution in [2.45, 2.75) is 6.42 Å². The van der Waals surface area contributed by atoms with Gasteiger partial charge in [0.2, 0.25) is 0 Å². The maximum absolute atomic E-state index is 12.9. The summed E-state index contributed by atoms with van der Waals surface area (Å²) in [4.78, 5) is 12.3. The molecule has 0 bridgehead atoms. The van der Waals surface area contributed by atoms with Crippen LogP contribution in [0.1, 0.15) is 15.9 Å². The van der Waals surface area contributed by atoms with Gasteiger partial charge < -0.3 is 10.1 Å². The Balaban J connectivity index is 1.64. The van der Waals surface area contributed by atoms with Crippen molar-refractivity contribution in [2.24, 2.45) is 0 Å². The molecular weight excluding hydrogens is 321 g/mol. The van der Waals surface area contributed by atoms with Crippen molar-refractivity contribution in [3.05, 3.63) is 71.8 Å². The summed E-state index contributed by atoms with van der Waals surface area (Å²) in [7, 11) is 1.56. The molecule has 0 atom stereocenters. The molecule has 2 aromatic carbocycles. The van der Waals surface area contributed by atoms with Crippen LogP contribution < -0.4 is 10.1 Å². The Hall–Kier alpha value is -3.15. The first kappa shape index (κ1) is 16.7. The number of methoxy groups -OCH3 is 1. The molecule has 25 heavy (non-hydrogen) atoms. The van der Waals surface area contributed by atoms with Gasteiger partial charge in [-0.3, -0.25) is 9.89 Å². The normalized spacial score (nSPS) is 10.5. The first-order valence-corrected chi connectivity index (χ1v) is 7.87. The van der Waals surface area contributed by atoms with Crippen LogP contribution in [0.15, 0.2) is 54.9 Å². The van der Waals surface area contributed by atoms with E-state index >= 15 is 0 Å². The molecule has 0 aliphatic rings. The van der Waals surface area contributed by atoms with Crippen LogP contribution >= 0.6 is 0 Å². The van der Waals surface area contributed by atoms with Crippen molar-refractivity contribution in [2.75, 3.05) is 13.7 Å². The number of carbonyl (C=O) groups excluding carboxylic acids is 1. The topological polar surface area (TPSA) is 67.0 Å². The number of nitrogens with zero attached hydrogens (tertiary/aromatic N) is 1. The van der Waals surface area contributed by atoms with Crippen LogP contribution in [0.25, 0.3) is 11.1 Å². The minimum atomic E-state index is -0.266. The van der Waals surface area contributed by atoms with Gasteiger partial charge in [0, 0.05) is 29.4 Å². The number of rotatable bonds is 6. The van der Waals surface area contributed by atoms with Crippen molar-refractivity contribution in [3.8, 4) is 16.9 Å². The molecule has 0 saturated carbocycles. The number of carbonyl (C=O) groups is 1. The number of amides is 1. The molecule has 0 spiro atoms. The number of hydrogen-bond acceptors (Lipinski definition) is 3. The molecule has 0 aliphatic heterocycles. The molecule has 3 aromatic rings. The van der Waals surface area contributed by atoms with Gasteiger partial charge >= 0.3 is 0 Å². The molecule has 6 heteroatoms. The van der Waals surface area contributed by atoms with Crippen LogP contribution in [0.3, 0.4) is 0 Å². The average molecular weight is 339 g/mol. The number of hydrogen-bond donors (Lipinski definition) is 2. The highest BCUT2D eigenvalue weighted by molar-refractivity contribution is 5.95. The summed E-state index contributed by atoms with van der Waals surface area (Å²) < 4.78 is 18.3. The second kappa shape index (κ2) is 7.61. The third-order valence-corrected chi connectivity index (χ3v) is 3.89. The standard InChI is InChI=1S/C19H18FN3O2/c1-25-18-10-14(4-7-17(18)15-11-22-23-12-15)19(24)21-9-8-13-2-5-16(20)6-3-13/h2-7,10-12H,8-9H2,1H3,(H,21,24)(H,22,23). The average Bonchev–Trinajstić information content (AvgIpc) is 3.17. The van der Waals surface area contributed by atoms with E-state index in [0.717, 1.165) is 16.7 Å². The fourth-order valence-corrected chi connectivity index (χ4v) is 2.54. The zero-order valence-corrected chi connectivity index (χ0v) is 13.8. The lowest BCUT2D eigenvalue weighted by atomic mass is 10.0. The summed E-state index contributed by atoms with van der Waals surface area (Å²) in [5.74, 6) is 0.157. The Bertz CT molecular complexity index is 846. The molecule has 1 amide bonds. The Morgan fingerprint density at radius 3 is 2.72 bits per heavy atom. The van der Waals surface area contributed by atoms with Crippen LogP contribution in [0.2, 0.25) is 0 Å². The van der Waals surface area contributed by atoms with Gasteiger partial charge in [0.15, 0.2) is 0 Å². The second-order valence-electron chi connectivity index (χ2n) is 5.53. The van der Waals surface area contributed by atoms with Crippen LogP contribution in [0.5, 0.6) is 5.75 Å². The first-order valence-electron chi connectivity index (χ1n) is 7.87. The first-order chi connectivity index (χ1) is 12.2. The number of aromatic amines is 1. The number of H-pyrrole nitrogens is 1. The van der Waals surface area contributed by atoms with Crippen LogP contribution in [0.4, 0.5) is 4.39 Å². The molecule has 5 nitrogen and oxygen atoms in total. The van der Waals surface area contributed by atoms with Gasteiger partial charge in [-0.25, -0.2) is 4.39 Å². The van der Waals surface area contributed by atoms with Gasteiger partial charge in [0.1, 0.15) is 11.6 Å². The number of nitrogens with one attached hydrogen (secondary N) is 2. The number of aromatic nitrogens is 2. The molecule has 0 fully saturated rings. The van der Waals surface area contributed by atoms with Gasteiger partial charge in [0.25, 0.3) is 5.91 Å². The van der Waals surface area contributed by atoms with Crippen LogP contribution in [0, 0.1) is 5.82 Å². The van der Waals surface area contributed by atoms with E-state index in [1.54, 1.807) is 43.8 Å². The van der Waals surface area contributed by atoms with Crippen molar-refractivity contribution in [1.29, 1.82) is 0 Å². The van der Waals surface area contributed by atoms with E-state index in [4.69, 9.17) is 4.74 Å². The zero-order valence-electron chi connectivity index (χ0n) is 13.8. The highest BCUT2D eigenvalue weighted by Gasteiger charge is 2.12. The van der Waals surface area contributed by atoms with E-state index in [-0.39, 0.29) is 11.7 Å². The van der Waals surface area contributed by atoms with E-state index in [0.29, 0.717) is 24.3 Å². The van der Waals surface area contributed by atoms with Crippen LogP contribution in [-0.2, 0) is 6.42 Å². The molecule has 3 rings (SSSR count). The molecular formula is C19H18FN3O2. The summed E-state index contributed by atoms with van der Waals surface area (Å²) in [6.07, 6.45) is 4.09. The van der Waals surface area contributed by atoms with Gasteiger partial charge in [-0.2, -0.15) is 5.10 Å². The largest absolute Gasteiger partial charge is 0.496 e. The van der Waals surface area contributed by atoms with Crippen molar-refractivity contribution in [3.63, 3.8) is 0 Å². The maximum Gasteiger partial charge on any atom is 0.251 e. The van der Waals surface area contributed by atoms with Gasteiger partial charge in [0.05, 0.1) is 13.3 Å². The molecule has 2 N–H and O–H groups in total. The van der Waals surface area contributed by atoms with Gasteiger partial charge in [-0.15, -0.1) is 0 Å². The predicted octanol–water partition coefficient (Wildman–Crippen LogP) is 3.20. The smallest absolute Gasteiger partial charge is 0.251 e. The Morgan fingerprint density at radius 2 is 2.04 bits per heavy atom. The molecule has 0 saturated heterocycles. The highest BCUT2D eigenvalue weighted by atomic mass is 19.1. The summed E-state index contributed by atoms with van der Waals surface area (Å²) in [5.41, 5.74) is 3.23. The monoisotopic (exact) mass is 339 g/mol. The van der Waals surface area contributed by atoms with E-state index < -0.39 is 0 Å². The molecule has 0 aliphatic carbocycles. The lowest BCUT2D eigenvalue weighted by Gasteiger charge is -2.10. The molecule has 128 valence electrons. The Labute approximate surface area is 144 Å². The third kappa shape index (κ3) is 4.03. The molecule has 0 radical (unpaired) electrons. The fraction of sp³-hybridized carbons (Fsp3) is 0.158. The minimum absolute atomic E-state index is 0.181. The third-order valence-electron chi connectivity index (χ3n) is 3.89. The van der Waals surface area contributed by atoms with Gasteiger partial charge in [-0.05, 0) is 42.3 Å². The number of benzene rings is 2. The van der Waals surface area contributed by atoms with Crippen molar-refractivity contribution >= 4 is 5.91 Å². The fourth-order valence-electron chi connectivity index (χ4n) is 2.54. The summed E-state index contributed by atoms with van der Waals surface area (Å²) in [6.45, 7) is 0.469. The Kier molecular flexibility index (Phi) is 5.09. The lowest BCUT2D eigenvalue weighted by molar-refractivity contribution is 0.0954. The predicted molar refractivity (Wildman–Crippen MR) is 93.0 cm³/mol. The lowest BCUT2D eigenvalue weighted by Crippen LogP contribution is -2.25. The summed E-state index contributed by atoms with van der Waals surface area (Å²) >= 11 is 0. The van der Waals surface area contributed by atoms with Crippen molar-refractivity contribution in [1.82, 2.24) is 15.5 Å². The molecule has 1 heterocycles. The molecule has 1 aromatic heterocycles. The van der Waals surface area contributed by atoms with Crippen LogP contribution in [-0.4, -0.2) is 29.8 Å². The Morgan fingerprint density at radius 1 is 1.24 bits per heavy atom. The molecule has 0 unspecified atom stereocenters. The van der Waals surface area contributed by atoms with Crippen molar-refractivity contribution < 1.29 is 13.9 Å².